The summed E-state index contributed by atoms with van der Waals surface area (Å²) in [6.45, 7) is 11.9. The van der Waals surface area contributed by atoms with E-state index in [4.69, 9.17) is 18.9 Å². The van der Waals surface area contributed by atoms with Crippen molar-refractivity contribution in [3.63, 3.8) is 0 Å². The van der Waals surface area contributed by atoms with Crippen molar-refractivity contribution in [3.05, 3.63) is 0 Å². The van der Waals surface area contributed by atoms with E-state index in [0.29, 0.717) is 0 Å². The maximum absolute atomic E-state index is 5.97. The van der Waals surface area contributed by atoms with Gasteiger partial charge in [0.1, 0.15) is 12.2 Å². The molecule has 0 amide bonds. The molecule has 2 saturated heterocycles. The molecule has 17 heavy (non-hydrogen) atoms. The highest BCUT2D eigenvalue weighted by Crippen LogP contribution is 2.38. The Hall–Kier alpha value is -0.160. The lowest BCUT2D eigenvalue weighted by Gasteiger charge is -2.24. The molecule has 2 heterocycles. The van der Waals surface area contributed by atoms with E-state index in [1.165, 1.54) is 0 Å². The van der Waals surface area contributed by atoms with Crippen LogP contribution in [0.5, 0.6) is 0 Å². The molecular formula is C13H24O4. The molecule has 2 aliphatic rings. The summed E-state index contributed by atoms with van der Waals surface area (Å²) in [5.41, 5.74) is 0. The van der Waals surface area contributed by atoms with Crippen molar-refractivity contribution >= 4 is 0 Å². The minimum atomic E-state index is -0.529. The van der Waals surface area contributed by atoms with Crippen molar-refractivity contribution in [2.45, 2.75) is 84.0 Å². The quantitative estimate of drug-likeness (QED) is 0.747. The van der Waals surface area contributed by atoms with Crippen LogP contribution in [0.4, 0.5) is 0 Å². The minimum absolute atomic E-state index is 0.0292. The van der Waals surface area contributed by atoms with Gasteiger partial charge in [-0.25, -0.2) is 0 Å². The van der Waals surface area contributed by atoms with E-state index >= 15 is 0 Å². The van der Waals surface area contributed by atoms with E-state index in [-0.39, 0.29) is 24.4 Å². The smallest absolute Gasteiger partial charge is 0.163 e. The van der Waals surface area contributed by atoms with Crippen molar-refractivity contribution in [2.75, 3.05) is 0 Å². The predicted octanol–water partition coefficient (Wildman–Crippen LogP) is 2.46. The van der Waals surface area contributed by atoms with Gasteiger partial charge in [0.25, 0.3) is 0 Å². The fourth-order valence-electron chi connectivity index (χ4n) is 2.76. The molecule has 0 radical (unpaired) electrons. The van der Waals surface area contributed by atoms with Crippen molar-refractivity contribution in [1.29, 1.82) is 0 Å². The second-order valence-electron chi connectivity index (χ2n) is 5.85. The normalized spacial score (nSPS) is 44.1. The predicted molar refractivity (Wildman–Crippen MR) is 63.6 cm³/mol. The summed E-state index contributed by atoms with van der Waals surface area (Å²) in [5, 5.41) is 0. The summed E-state index contributed by atoms with van der Waals surface area (Å²) in [6, 6.07) is 0. The lowest BCUT2D eigenvalue weighted by Crippen LogP contribution is -2.40. The van der Waals surface area contributed by atoms with Gasteiger partial charge in [0.15, 0.2) is 11.6 Å². The second-order valence-corrected chi connectivity index (χ2v) is 5.85. The van der Waals surface area contributed by atoms with Crippen LogP contribution in [0.1, 0.15) is 48.0 Å². The third-order valence-electron chi connectivity index (χ3n) is 3.30. The molecule has 2 aliphatic heterocycles. The van der Waals surface area contributed by atoms with Crippen LogP contribution in [0.3, 0.4) is 0 Å². The first-order valence-corrected chi connectivity index (χ1v) is 6.45. The Morgan fingerprint density at radius 3 is 1.82 bits per heavy atom. The Morgan fingerprint density at radius 1 is 0.824 bits per heavy atom. The average Bonchev–Trinajstić information content (AvgIpc) is 2.62. The molecule has 4 nitrogen and oxygen atoms in total. The van der Waals surface area contributed by atoms with Gasteiger partial charge in [0.2, 0.25) is 0 Å². The van der Waals surface area contributed by atoms with Gasteiger partial charge in [0, 0.05) is 0 Å². The molecule has 2 rings (SSSR count). The molecule has 0 aromatic rings. The largest absolute Gasteiger partial charge is 0.345 e. The van der Waals surface area contributed by atoms with E-state index in [9.17, 15) is 0 Å². The fraction of sp³-hybridized carbons (Fsp3) is 1.00. The molecule has 2 fully saturated rings. The molecular weight excluding hydrogens is 220 g/mol. The standard InChI is InChI=1S/C13H24O4/c1-7-9-11(17-13(5,6)15-9)10-8(2)14-12(3,4)16-10/h8-11H,7H2,1-6H3/t8-,9-,10-,11-/m1/s1. The summed E-state index contributed by atoms with van der Waals surface area (Å²) in [5.74, 6) is -1.06. The first-order chi connectivity index (χ1) is 7.74. The first-order valence-electron chi connectivity index (χ1n) is 6.45. The van der Waals surface area contributed by atoms with E-state index < -0.39 is 11.6 Å². The topological polar surface area (TPSA) is 36.9 Å². The maximum Gasteiger partial charge on any atom is 0.163 e. The molecule has 0 unspecified atom stereocenters. The van der Waals surface area contributed by atoms with Crippen molar-refractivity contribution in [2.24, 2.45) is 0 Å². The Balaban J connectivity index is 2.12. The number of rotatable bonds is 2. The molecule has 4 heteroatoms. The van der Waals surface area contributed by atoms with Crippen LogP contribution in [0.25, 0.3) is 0 Å². The maximum atomic E-state index is 5.97. The highest BCUT2D eigenvalue weighted by atomic mass is 16.8. The van der Waals surface area contributed by atoms with Crippen LogP contribution in [-0.2, 0) is 18.9 Å². The van der Waals surface area contributed by atoms with E-state index in [0.717, 1.165) is 6.42 Å². The summed E-state index contributed by atoms with van der Waals surface area (Å²) < 4.78 is 23.6. The Kier molecular flexibility index (Phi) is 3.28. The Morgan fingerprint density at radius 2 is 1.35 bits per heavy atom. The molecule has 0 bridgehead atoms. The van der Waals surface area contributed by atoms with Gasteiger partial charge in [0.05, 0.1) is 12.2 Å². The van der Waals surface area contributed by atoms with Crippen molar-refractivity contribution < 1.29 is 18.9 Å². The number of ether oxygens (including phenoxy) is 4. The molecule has 0 aliphatic carbocycles. The fourth-order valence-corrected chi connectivity index (χ4v) is 2.76. The van der Waals surface area contributed by atoms with Gasteiger partial charge in [-0.1, -0.05) is 6.92 Å². The summed E-state index contributed by atoms with van der Waals surface area (Å²) >= 11 is 0. The summed E-state index contributed by atoms with van der Waals surface area (Å²) in [7, 11) is 0. The van der Waals surface area contributed by atoms with E-state index in [1.807, 2.05) is 34.6 Å². The molecule has 4 atom stereocenters. The molecule has 0 N–H and O–H groups in total. The SMILES string of the molecule is CC[C@H]1OC(C)(C)O[C@H]1[C@@H]1OC(C)(C)O[C@@H]1C. The third kappa shape index (κ3) is 2.65. The van der Waals surface area contributed by atoms with Gasteiger partial charge in [-0.2, -0.15) is 0 Å². The van der Waals surface area contributed by atoms with Gasteiger partial charge >= 0.3 is 0 Å². The highest BCUT2D eigenvalue weighted by molar-refractivity contribution is 4.93. The molecule has 0 aromatic heterocycles. The molecule has 0 saturated carbocycles. The number of hydrogen-bond donors (Lipinski definition) is 0. The van der Waals surface area contributed by atoms with Crippen molar-refractivity contribution in [1.82, 2.24) is 0 Å². The Bertz CT molecular complexity index is 287. The summed E-state index contributed by atoms with van der Waals surface area (Å²) in [6.07, 6.45) is 0.918. The van der Waals surface area contributed by atoms with Crippen LogP contribution >= 0.6 is 0 Å². The zero-order chi connectivity index (χ0) is 12.8. The van der Waals surface area contributed by atoms with E-state index in [1.54, 1.807) is 0 Å². The minimum Gasteiger partial charge on any atom is -0.345 e. The van der Waals surface area contributed by atoms with E-state index in [2.05, 4.69) is 6.92 Å². The van der Waals surface area contributed by atoms with Crippen LogP contribution < -0.4 is 0 Å². The van der Waals surface area contributed by atoms with Gasteiger partial charge in [-0.3, -0.25) is 0 Å². The third-order valence-corrected chi connectivity index (χ3v) is 3.30. The average molecular weight is 244 g/mol. The van der Waals surface area contributed by atoms with Gasteiger partial charge < -0.3 is 18.9 Å². The highest BCUT2D eigenvalue weighted by Gasteiger charge is 2.51. The molecule has 0 aromatic carbocycles. The molecule has 100 valence electrons. The van der Waals surface area contributed by atoms with Gasteiger partial charge in [-0.15, -0.1) is 0 Å². The van der Waals surface area contributed by atoms with Crippen LogP contribution in [-0.4, -0.2) is 36.0 Å². The number of hydrogen-bond acceptors (Lipinski definition) is 4. The molecule has 0 spiro atoms. The lowest BCUT2D eigenvalue weighted by molar-refractivity contribution is -0.175. The summed E-state index contributed by atoms with van der Waals surface area (Å²) in [4.78, 5) is 0. The monoisotopic (exact) mass is 244 g/mol. The zero-order valence-corrected chi connectivity index (χ0v) is 11.6. The lowest BCUT2D eigenvalue weighted by atomic mass is 10.0. The van der Waals surface area contributed by atoms with Gasteiger partial charge in [-0.05, 0) is 41.0 Å². The van der Waals surface area contributed by atoms with Crippen LogP contribution in [0, 0.1) is 0 Å². The van der Waals surface area contributed by atoms with Crippen molar-refractivity contribution in [3.8, 4) is 0 Å². The zero-order valence-electron chi connectivity index (χ0n) is 11.6. The van der Waals surface area contributed by atoms with Crippen LogP contribution in [0.2, 0.25) is 0 Å². The second kappa shape index (κ2) is 4.19. The van der Waals surface area contributed by atoms with Crippen LogP contribution in [0.15, 0.2) is 0 Å². The Labute approximate surface area is 104 Å². The first kappa shape index (κ1) is 13.3.